The van der Waals surface area contributed by atoms with Crippen molar-refractivity contribution in [2.75, 3.05) is 6.54 Å². The molecule has 1 aromatic carbocycles. The van der Waals surface area contributed by atoms with Crippen molar-refractivity contribution in [1.29, 1.82) is 0 Å². The molecule has 6 heteroatoms. The van der Waals surface area contributed by atoms with Crippen LogP contribution in [0.2, 0.25) is 0 Å². The Bertz CT molecular complexity index is 502. The molecule has 0 aliphatic rings. The number of rotatable bonds is 7. The molecule has 0 aliphatic carbocycles. The van der Waals surface area contributed by atoms with E-state index < -0.39 is 17.9 Å². The predicted octanol–water partition coefficient (Wildman–Crippen LogP) is 1.09. The van der Waals surface area contributed by atoms with E-state index in [4.69, 9.17) is 5.11 Å². The monoisotopic (exact) mass is 292 g/mol. The van der Waals surface area contributed by atoms with Crippen LogP contribution in [0.5, 0.6) is 0 Å². The third kappa shape index (κ3) is 6.07. The first kappa shape index (κ1) is 16.7. The zero-order chi connectivity index (χ0) is 15.8. The van der Waals surface area contributed by atoms with Crippen LogP contribution in [0.25, 0.3) is 0 Å². The minimum atomic E-state index is -0.961. The lowest BCUT2D eigenvalue weighted by Gasteiger charge is -2.18. The van der Waals surface area contributed by atoms with E-state index in [9.17, 15) is 14.4 Å². The Morgan fingerprint density at radius 2 is 1.81 bits per heavy atom. The van der Waals surface area contributed by atoms with Crippen LogP contribution in [-0.2, 0) is 14.4 Å². The van der Waals surface area contributed by atoms with Gasteiger partial charge in [-0.15, -0.1) is 0 Å². The molecular weight excluding hydrogens is 272 g/mol. The van der Waals surface area contributed by atoms with Crippen molar-refractivity contribution in [1.82, 2.24) is 10.6 Å². The van der Waals surface area contributed by atoms with E-state index in [1.165, 1.54) is 13.8 Å². The molecule has 0 bridgehead atoms. The highest BCUT2D eigenvalue weighted by Gasteiger charge is 2.18. The minimum Gasteiger partial charge on any atom is -0.481 e. The maximum absolute atomic E-state index is 11.9. The largest absolute Gasteiger partial charge is 0.481 e. The third-order valence-electron chi connectivity index (χ3n) is 3.00. The number of carboxylic acids is 1. The fourth-order valence-corrected chi connectivity index (χ4v) is 1.79. The third-order valence-corrected chi connectivity index (χ3v) is 3.00. The van der Waals surface area contributed by atoms with Crippen molar-refractivity contribution in [3.8, 4) is 0 Å². The van der Waals surface area contributed by atoms with Gasteiger partial charge in [0, 0.05) is 13.5 Å². The summed E-state index contributed by atoms with van der Waals surface area (Å²) >= 11 is 0. The molecule has 0 heterocycles. The molecule has 6 nitrogen and oxygen atoms in total. The molecule has 0 fully saturated rings. The van der Waals surface area contributed by atoms with Gasteiger partial charge in [-0.1, -0.05) is 37.3 Å². The molecule has 2 amide bonds. The lowest BCUT2D eigenvalue weighted by Crippen LogP contribution is -2.35. The summed E-state index contributed by atoms with van der Waals surface area (Å²) in [5.74, 6) is -2.14. The number of benzene rings is 1. The Labute approximate surface area is 123 Å². The molecule has 2 atom stereocenters. The van der Waals surface area contributed by atoms with Gasteiger partial charge in [0.1, 0.15) is 0 Å². The van der Waals surface area contributed by atoms with Gasteiger partial charge in [0.2, 0.25) is 11.8 Å². The first-order valence-electron chi connectivity index (χ1n) is 6.71. The molecule has 1 aromatic rings. The maximum atomic E-state index is 11.9. The molecule has 2 unspecified atom stereocenters. The van der Waals surface area contributed by atoms with Crippen LogP contribution >= 0.6 is 0 Å². The summed E-state index contributed by atoms with van der Waals surface area (Å²) in [6.07, 6.45) is 0.0654. The lowest BCUT2D eigenvalue weighted by molar-refractivity contribution is -0.141. The fourth-order valence-electron chi connectivity index (χ4n) is 1.79. The number of carbonyl (C=O) groups is 3. The molecular formula is C15H20N2O4. The smallest absolute Gasteiger partial charge is 0.308 e. The average Bonchev–Trinajstić information content (AvgIpc) is 2.44. The van der Waals surface area contributed by atoms with Crippen LogP contribution in [0.1, 0.15) is 31.9 Å². The number of carboxylic acid groups (broad SMARTS) is 1. The molecule has 3 N–H and O–H groups in total. The van der Waals surface area contributed by atoms with Gasteiger partial charge in [0.25, 0.3) is 0 Å². The highest BCUT2D eigenvalue weighted by Crippen LogP contribution is 2.16. The van der Waals surface area contributed by atoms with Crippen LogP contribution in [-0.4, -0.2) is 29.4 Å². The van der Waals surface area contributed by atoms with Crippen LogP contribution < -0.4 is 10.6 Å². The van der Waals surface area contributed by atoms with Gasteiger partial charge < -0.3 is 15.7 Å². The molecule has 114 valence electrons. The molecule has 0 spiro atoms. The average molecular weight is 292 g/mol. The first-order chi connectivity index (χ1) is 9.90. The Kier molecular flexibility index (Phi) is 6.39. The van der Waals surface area contributed by atoms with Gasteiger partial charge in [-0.05, 0) is 5.56 Å². The highest BCUT2D eigenvalue weighted by atomic mass is 16.4. The van der Waals surface area contributed by atoms with Crippen molar-refractivity contribution in [3.05, 3.63) is 35.9 Å². The van der Waals surface area contributed by atoms with Crippen molar-refractivity contribution < 1.29 is 19.5 Å². The molecule has 0 radical (unpaired) electrons. The zero-order valence-electron chi connectivity index (χ0n) is 12.1. The molecule has 21 heavy (non-hydrogen) atoms. The van der Waals surface area contributed by atoms with E-state index in [1.807, 2.05) is 30.3 Å². The summed E-state index contributed by atoms with van der Waals surface area (Å²) in [5, 5.41) is 14.1. The van der Waals surface area contributed by atoms with Gasteiger partial charge in [-0.2, -0.15) is 0 Å². The second kappa shape index (κ2) is 8.04. The van der Waals surface area contributed by atoms with Crippen molar-refractivity contribution >= 4 is 17.8 Å². The fraction of sp³-hybridized carbons (Fsp3) is 0.400. The highest BCUT2D eigenvalue weighted by molar-refractivity contribution is 5.79. The van der Waals surface area contributed by atoms with Gasteiger partial charge >= 0.3 is 5.97 Å². The van der Waals surface area contributed by atoms with Crippen LogP contribution in [0.3, 0.4) is 0 Å². The number of nitrogens with one attached hydrogen (secondary N) is 2. The SMILES string of the molecule is CC(=O)NC(CC(=O)NCC(C)C(=O)O)c1ccccc1. The Morgan fingerprint density at radius 3 is 2.33 bits per heavy atom. The first-order valence-corrected chi connectivity index (χ1v) is 6.71. The number of hydrogen-bond acceptors (Lipinski definition) is 3. The minimum absolute atomic E-state index is 0.0652. The molecule has 0 aliphatic heterocycles. The second-order valence-electron chi connectivity index (χ2n) is 4.91. The predicted molar refractivity (Wildman–Crippen MR) is 77.4 cm³/mol. The summed E-state index contributed by atoms with van der Waals surface area (Å²) in [4.78, 5) is 33.8. The molecule has 1 rings (SSSR count). The van der Waals surface area contributed by atoms with Crippen molar-refractivity contribution in [2.45, 2.75) is 26.3 Å². The normalized spacial score (nSPS) is 13.0. The molecule has 0 saturated heterocycles. The lowest BCUT2D eigenvalue weighted by atomic mass is 10.0. The number of amides is 2. The maximum Gasteiger partial charge on any atom is 0.308 e. The molecule has 0 saturated carbocycles. The summed E-state index contributed by atoms with van der Waals surface area (Å²) in [5.41, 5.74) is 0.828. The Hall–Kier alpha value is -2.37. The van der Waals surface area contributed by atoms with Crippen molar-refractivity contribution in [3.63, 3.8) is 0 Å². The van der Waals surface area contributed by atoms with Crippen LogP contribution in [0, 0.1) is 5.92 Å². The van der Waals surface area contributed by atoms with Gasteiger partial charge in [0.05, 0.1) is 18.4 Å². The van der Waals surface area contributed by atoms with E-state index in [2.05, 4.69) is 10.6 Å². The second-order valence-corrected chi connectivity index (χ2v) is 4.91. The quantitative estimate of drug-likeness (QED) is 0.701. The number of hydrogen-bond donors (Lipinski definition) is 3. The number of carbonyl (C=O) groups excluding carboxylic acids is 2. The van der Waals surface area contributed by atoms with Crippen LogP contribution in [0.4, 0.5) is 0 Å². The van der Waals surface area contributed by atoms with Gasteiger partial charge in [0.15, 0.2) is 0 Å². The van der Waals surface area contributed by atoms with E-state index in [0.717, 1.165) is 5.56 Å². The van der Waals surface area contributed by atoms with E-state index in [-0.39, 0.29) is 24.8 Å². The topological polar surface area (TPSA) is 95.5 Å². The van der Waals surface area contributed by atoms with Gasteiger partial charge in [-0.25, -0.2) is 0 Å². The van der Waals surface area contributed by atoms with Gasteiger partial charge in [-0.3, -0.25) is 14.4 Å². The Morgan fingerprint density at radius 1 is 1.19 bits per heavy atom. The van der Waals surface area contributed by atoms with E-state index in [1.54, 1.807) is 0 Å². The van der Waals surface area contributed by atoms with Crippen LogP contribution in [0.15, 0.2) is 30.3 Å². The molecule has 0 aromatic heterocycles. The summed E-state index contributed by atoms with van der Waals surface area (Å²) in [7, 11) is 0. The summed E-state index contributed by atoms with van der Waals surface area (Å²) < 4.78 is 0. The van der Waals surface area contributed by atoms with E-state index >= 15 is 0 Å². The van der Waals surface area contributed by atoms with E-state index in [0.29, 0.717) is 0 Å². The standard InChI is InChI=1S/C15H20N2O4/c1-10(15(20)21)9-16-14(19)8-13(17-11(2)18)12-6-4-3-5-7-12/h3-7,10,13H,8-9H2,1-2H3,(H,16,19)(H,17,18)(H,20,21). The number of aliphatic carboxylic acids is 1. The van der Waals surface area contributed by atoms with Crippen molar-refractivity contribution in [2.24, 2.45) is 5.92 Å². The zero-order valence-corrected chi connectivity index (χ0v) is 12.1. The summed E-state index contributed by atoms with van der Waals surface area (Å²) in [6, 6.07) is 8.73. The summed E-state index contributed by atoms with van der Waals surface area (Å²) in [6.45, 7) is 2.97. The Balaban J connectivity index is 2.63.